The van der Waals surface area contributed by atoms with E-state index in [9.17, 15) is 9.13 Å². The molecule has 0 saturated carbocycles. The summed E-state index contributed by atoms with van der Waals surface area (Å²) < 4.78 is 22.2. The van der Waals surface area contributed by atoms with Gasteiger partial charge in [0, 0.05) is 0 Å². The molecule has 0 aromatic carbocycles. The molecular formula is CH14Ca3Cl2O10P2. The predicted molar refractivity (Wildman–Crippen MR) is 76.0 cm³/mol. The molecule has 18 heavy (non-hydrogen) atoms. The number of carboxylic acid groups (broad SMARTS) is 2. The third-order valence-corrected chi connectivity index (χ3v) is 1.91. The molecule has 0 aromatic heterocycles. The van der Waals surface area contributed by atoms with Gasteiger partial charge in [0.25, 0.3) is 0 Å². The molecule has 0 saturated heterocycles. The monoisotopic (exact) mass is 438 g/mol. The topological polar surface area (TPSA) is 182 Å². The Bertz CT molecular complexity index is 238. The van der Waals surface area contributed by atoms with Gasteiger partial charge in [-0.15, -0.1) is 24.8 Å². The molecule has 0 bridgehead atoms. The molecule has 0 spiro atoms. The van der Waals surface area contributed by atoms with Crippen molar-refractivity contribution in [2.75, 3.05) is 0 Å². The zero-order valence-electron chi connectivity index (χ0n) is 6.53. The van der Waals surface area contributed by atoms with E-state index in [1.807, 2.05) is 0 Å². The number of hydrogen-bond donors (Lipinski definition) is 6. The van der Waals surface area contributed by atoms with Gasteiger partial charge in [-0.25, -0.2) is 13.9 Å². The summed E-state index contributed by atoms with van der Waals surface area (Å²) in [6, 6.07) is 0. The fourth-order valence-electron chi connectivity index (χ4n) is 0.139. The molecule has 0 rings (SSSR count). The summed E-state index contributed by atoms with van der Waals surface area (Å²) in [5, 5.41) is 13.9. The van der Waals surface area contributed by atoms with Crippen molar-refractivity contribution < 1.29 is 48.0 Å². The first kappa shape index (κ1) is 43.1. The molecule has 0 aromatic rings. The van der Waals surface area contributed by atoms with E-state index in [0.29, 0.717) is 0 Å². The first-order valence-electron chi connectivity index (χ1n) is 2.18. The SMILES string of the molecule is Cl.Cl.O=C(O)O.O=P(O)(O)OP(=O)(O)O.[CaH2].[CaH2].[CaH2]. The van der Waals surface area contributed by atoms with Crippen LogP contribution in [0.15, 0.2) is 0 Å². The van der Waals surface area contributed by atoms with E-state index in [0.717, 1.165) is 0 Å². The first-order chi connectivity index (χ1) is 5.44. The van der Waals surface area contributed by atoms with Crippen LogP contribution in [0.4, 0.5) is 4.79 Å². The second-order valence-electron chi connectivity index (χ2n) is 1.35. The molecule has 6 N–H and O–H groups in total. The van der Waals surface area contributed by atoms with E-state index in [-0.39, 0.29) is 138 Å². The quantitative estimate of drug-likeness (QED) is 0.199. The Labute approximate surface area is 204 Å². The van der Waals surface area contributed by atoms with Gasteiger partial charge in [0.15, 0.2) is 0 Å². The number of hydrogen-bond acceptors (Lipinski definition) is 4. The Morgan fingerprint density at radius 2 is 0.889 bits per heavy atom. The van der Waals surface area contributed by atoms with Gasteiger partial charge in [0.05, 0.1) is 0 Å². The second-order valence-corrected chi connectivity index (χ2v) is 3.96. The van der Waals surface area contributed by atoms with Crippen LogP contribution in [0.1, 0.15) is 0 Å². The Kier molecular flexibility index (Phi) is 50.0. The molecule has 0 amide bonds. The van der Waals surface area contributed by atoms with E-state index in [1.165, 1.54) is 0 Å². The van der Waals surface area contributed by atoms with Crippen molar-refractivity contribution in [3.05, 3.63) is 0 Å². The molecule has 0 fully saturated rings. The molecule has 17 heteroatoms. The molecule has 0 heterocycles. The summed E-state index contributed by atoms with van der Waals surface area (Å²) in [6.45, 7) is 0. The van der Waals surface area contributed by atoms with E-state index in [4.69, 9.17) is 34.6 Å². The molecule has 10 nitrogen and oxygen atoms in total. The van der Waals surface area contributed by atoms with Gasteiger partial charge in [0.2, 0.25) is 0 Å². The zero-order valence-corrected chi connectivity index (χ0v) is 9.95. The molecule has 0 unspecified atom stereocenters. The van der Waals surface area contributed by atoms with Gasteiger partial charge in [-0.1, -0.05) is 0 Å². The molecule has 0 aliphatic carbocycles. The van der Waals surface area contributed by atoms with Crippen LogP contribution in [0, 0.1) is 0 Å². The third kappa shape index (κ3) is 72.6. The number of carbonyl (C=O) groups is 1. The van der Waals surface area contributed by atoms with Crippen LogP contribution in [0.5, 0.6) is 0 Å². The fraction of sp³-hybridized carbons (Fsp3) is 0. The standard InChI is InChI=1S/CH2O3.3Ca.2ClH.H4O7P2.6H/c2-1(3)4;;;;;;1-8(2,3)7-9(4,5)6;;;;;;/h(H2,2,3,4);;;;2*1H;(H2,1,2,3)(H2,4,5,6);;;;;;. The van der Waals surface area contributed by atoms with Gasteiger partial charge >= 0.3 is 135 Å². The van der Waals surface area contributed by atoms with E-state index in [1.54, 1.807) is 0 Å². The molecule has 0 radical (unpaired) electrons. The Balaban J connectivity index is -0.0000000243. The summed E-state index contributed by atoms with van der Waals surface area (Å²) >= 11 is 0. The molecular weight excluding hydrogens is 425 g/mol. The summed E-state index contributed by atoms with van der Waals surface area (Å²) in [7, 11) is -10.1. The van der Waals surface area contributed by atoms with Crippen molar-refractivity contribution in [3.63, 3.8) is 0 Å². The average Bonchev–Trinajstić information content (AvgIpc) is 1.47. The van der Waals surface area contributed by atoms with Crippen molar-refractivity contribution in [2.24, 2.45) is 0 Å². The van der Waals surface area contributed by atoms with Crippen molar-refractivity contribution >= 4 is 160 Å². The van der Waals surface area contributed by atoms with Crippen LogP contribution in [0.3, 0.4) is 0 Å². The first-order valence-corrected chi connectivity index (χ1v) is 5.24. The third-order valence-electron chi connectivity index (χ3n) is 0.213. The molecule has 108 valence electrons. The maximum absolute atomic E-state index is 9.63. The number of phosphoric acid groups is 2. The predicted octanol–water partition coefficient (Wildman–Crippen LogP) is -2.49. The van der Waals surface area contributed by atoms with Crippen LogP contribution in [0.2, 0.25) is 0 Å². The average molecular weight is 439 g/mol. The minimum atomic E-state index is -5.05. The van der Waals surface area contributed by atoms with Gasteiger partial charge < -0.3 is 29.8 Å². The fourth-order valence-corrected chi connectivity index (χ4v) is 1.25. The van der Waals surface area contributed by atoms with Gasteiger partial charge in [-0.05, 0) is 0 Å². The summed E-state index contributed by atoms with van der Waals surface area (Å²) in [5.41, 5.74) is 0. The Morgan fingerprint density at radius 1 is 0.778 bits per heavy atom. The second kappa shape index (κ2) is 20.9. The van der Waals surface area contributed by atoms with Crippen LogP contribution >= 0.6 is 40.5 Å². The minimum absolute atomic E-state index is 0. The Hall–Kier alpha value is 3.89. The van der Waals surface area contributed by atoms with Crippen LogP contribution in [-0.2, 0) is 13.4 Å². The zero-order chi connectivity index (χ0) is 11.3. The number of halogens is 2. The van der Waals surface area contributed by atoms with Crippen LogP contribution < -0.4 is 0 Å². The van der Waals surface area contributed by atoms with Crippen molar-refractivity contribution in [2.45, 2.75) is 0 Å². The Morgan fingerprint density at radius 3 is 0.889 bits per heavy atom. The van der Waals surface area contributed by atoms with E-state index in [2.05, 4.69) is 4.31 Å². The van der Waals surface area contributed by atoms with Gasteiger partial charge in [-0.2, -0.15) is 4.31 Å². The van der Waals surface area contributed by atoms with Crippen LogP contribution in [-0.4, -0.2) is 149 Å². The summed E-state index contributed by atoms with van der Waals surface area (Å²) in [4.78, 5) is 39.6. The van der Waals surface area contributed by atoms with Gasteiger partial charge in [0.1, 0.15) is 0 Å². The summed E-state index contributed by atoms with van der Waals surface area (Å²) in [5.74, 6) is 0. The van der Waals surface area contributed by atoms with Crippen LogP contribution in [0.25, 0.3) is 0 Å². The van der Waals surface area contributed by atoms with Gasteiger partial charge in [-0.3, -0.25) is 0 Å². The molecule has 0 aliphatic rings. The van der Waals surface area contributed by atoms with Crippen molar-refractivity contribution in [3.8, 4) is 0 Å². The normalized spacial score (nSPS) is 8.22. The van der Waals surface area contributed by atoms with E-state index < -0.39 is 21.8 Å². The maximum atomic E-state index is 9.63. The van der Waals surface area contributed by atoms with E-state index >= 15 is 0 Å². The number of rotatable bonds is 2. The molecule has 0 atom stereocenters. The summed E-state index contributed by atoms with van der Waals surface area (Å²) in [6.07, 6.45) is -1.83. The molecule has 0 aliphatic heterocycles. The van der Waals surface area contributed by atoms with Crippen molar-refractivity contribution in [1.29, 1.82) is 0 Å². The van der Waals surface area contributed by atoms with Crippen molar-refractivity contribution in [1.82, 2.24) is 0 Å².